The predicted molar refractivity (Wildman–Crippen MR) is 145 cm³/mol. The summed E-state index contributed by atoms with van der Waals surface area (Å²) in [5.41, 5.74) is -1.73. The Morgan fingerprint density at radius 3 is 2.56 bits per heavy atom. The Labute approximate surface area is 227 Å². The second-order valence-corrected chi connectivity index (χ2v) is 10.8. The van der Waals surface area contributed by atoms with Crippen molar-refractivity contribution in [2.24, 2.45) is 0 Å². The second-order valence-electron chi connectivity index (χ2n) is 9.87. The zero-order valence-corrected chi connectivity index (χ0v) is 23.2. The van der Waals surface area contributed by atoms with Gasteiger partial charge in [-0.3, -0.25) is 14.2 Å². The Bertz CT molecular complexity index is 1620. The van der Waals surface area contributed by atoms with Crippen molar-refractivity contribution < 1.29 is 19.0 Å². The average molecular weight is 559 g/mol. The minimum absolute atomic E-state index is 0.0250. The number of ether oxygens (including phenoxy) is 1. The molecule has 2 N–H and O–H groups in total. The fraction of sp³-hybridized carbons (Fsp3) is 0.423. The third-order valence-electron chi connectivity index (χ3n) is 6.30. The summed E-state index contributed by atoms with van der Waals surface area (Å²) in [7, 11) is 0. The van der Waals surface area contributed by atoms with Crippen LogP contribution < -0.4 is 21.3 Å². The van der Waals surface area contributed by atoms with Crippen LogP contribution in [0.3, 0.4) is 0 Å². The van der Waals surface area contributed by atoms with E-state index >= 15 is 0 Å². The molecular formula is C26H31FN6O5S. The van der Waals surface area contributed by atoms with Crippen molar-refractivity contribution >= 4 is 27.5 Å². The maximum Gasteiger partial charge on any atom is 0.333 e. The molecule has 0 spiro atoms. The molecule has 0 atom stereocenters. The lowest BCUT2D eigenvalue weighted by Gasteiger charge is -2.27. The van der Waals surface area contributed by atoms with Gasteiger partial charge in [-0.25, -0.2) is 13.8 Å². The van der Waals surface area contributed by atoms with Crippen molar-refractivity contribution in [1.29, 1.82) is 0 Å². The number of carbonyl (C=O) groups excluding carboxylic acids is 1. The van der Waals surface area contributed by atoms with Crippen LogP contribution >= 0.6 is 11.3 Å². The lowest BCUT2D eigenvalue weighted by molar-refractivity contribution is -0.129. The Morgan fingerprint density at radius 2 is 1.92 bits per heavy atom. The summed E-state index contributed by atoms with van der Waals surface area (Å²) in [6.45, 7) is 8.24. The number of hydrogen-bond donors (Lipinski definition) is 2. The Hall–Kier alpha value is -3.84. The number of halogens is 1. The van der Waals surface area contributed by atoms with E-state index in [1.807, 2.05) is 0 Å². The summed E-state index contributed by atoms with van der Waals surface area (Å²) >= 11 is 1.18. The molecule has 0 bridgehead atoms. The van der Waals surface area contributed by atoms with Crippen molar-refractivity contribution in [3.05, 3.63) is 68.4 Å². The van der Waals surface area contributed by atoms with Crippen LogP contribution in [-0.4, -0.2) is 54.4 Å². The first-order valence-corrected chi connectivity index (χ1v) is 13.3. The molecule has 3 heterocycles. The molecule has 0 saturated carbocycles. The summed E-state index contributed by atoms with van der Waals surface area (Å²) in [6, 6.07) is 3.83. The maximum absolute atomic E-state index is 14.1. The summed E-state index contributed by atoms with van der Waals surface area (Å²) in [4.78, 5) is 42.7. The number of aliphatic hydroxyl groups is 1. The summed E-state index contributed by atoms with van der Waals surface area (Å²) < 4.78 is 22.1. The lowest BCUT2D eigenvalue weighted by atomic mass is 10.0. The number of aromatic nitrogens is 5. The second kappa shape index (κ2) is 11.1. The molecule has 0 aliphatic carbocycles. The van der Waals surface area contributed by atoms with Gasteiger partial charge in [-0.15, -0.1) is 4.80 Å². The van der Waals surface area contributed by atoms with Gasteiger partial charge in [-0.05, 0) is 64.8 Å². The number of hydrogen-bond acceptors (Lipinski definition) is 8. The molecule has 11 nitrogen and oxygen atoms in total. The molecule has 1 aromatic carbocycles. The van der Waals surface area contributed by atoms with E-state index in [1.165, 1.54) is 65.1 Å². The fourth-order valence-electron chi connectivity index (χ4n) is 4.35. The minimum atomic E-state index is -1.51. The maximum atomic E-state index is 14.1. The first kappa shape index (κ1) is 28.2. The minimum Gasteiger partial charge on any atom is -0.491 e. The monoisotopic (exact) mass is 558 g/mol. The molecule has 1 amide bonds. The Balaban J connectivity index is 1.93. The molecular weight excluding hydrogens is 527 g/mol. The van der Waals surface area contributed by atoms with E-state index < -0.39 is 28.5 Å². The molecule has 0 aliphatic rings. The van der Waals surface area contributed by atoms with Gasteiger partial charge in [0.15, 0.2) is 0 Å². The molecule has 0 unspecified atom stereocenters. The average Bonchev–Trinajstić information content (AvgIpc) is 3.51. The number of amides is 1. The number of nitrogens with zero attached hydrogens (tertiary/aromatic N) is 5. The van der Waals surface area contributed by atoms with E-state index in [1.54, 1.807) is 20.8 Å². The van der Waals surface area contributed by atoms with Crippen molar-refractivity contribution in [1.82, 2.24) is 29.4 Å². The highest BCUT2D eigenvalue weighted by molar-refractivity contribution is 7.21. The molecule has 0 radical (unpaired) electrons. The number of carbonyl (C=O) groups is 1. The molecule has 4 rings (SSSR count). The molecule has 39 heavy (non-hydrogen) atoms. The van der Waals surface area contributed by atoms with E-state index in [-0.39, 0.29) is 37.6 Å². The van der Waals surface area contributed by atoms with Crippen LogP contribution in [-0.2, 0) is 23.3 Å². The van der Waals surface area contributed by atoms with Crippen molar-refractivity contribution in [3.8, 4) is 10.8 Å². The summed E-state index contributed by atoms with van der Waals surface area (Å²) in [5, 5.41) is 21.1. The molecule has 0 fully saturated rings. The van der Waals surface area contributed by atoms with Gasteiger partial charge in [0.2, 0.25) is 5.91 Å². The van der Waals surface area contributed by atoms with Crippen LogP contribution in [0.25, 0.3) is 15.2 Å². The first-order chi connectivity index (χ1) is 18.5. The van der Waals surface area contributed by atoms with E-state index in [4.69, 9.17) is 9.84 Å². The molecule has 3 aromatic heterocycles. The van der Waals surface area contributed by atoms with Gasteiger partial charge in [0.05, 0.1) is 24.4 Å². The van der Waals surface area contributed by atoms with Gasteiger partial charge >= 0.3 is 5.69 Å². The van der Waals surface area contributed by atoms with Crippen LogP contribution in [0.5, 0.6) is 5.75 Å². The first-order valence-electron chi connectivity index (χ1n) is 12.5. The van der Waals surface area contributed by atoms with E-state index in [0.29, 0.717) is 26.7 Å². The highest BCUT2D eigenvalue weighted by Crippen LogP contribution is 2.31. The third kappa shape index (κ3) is 5.36. The van der Waals surface area contributed by atoms with Crippen LogP contribution in [0, 0.1) is 12.7 Å². The Kier molecular flexibility index (Phi) is 8.02. The summed E-state index contributed by atoms with van der Waals surface area (Å²) in [6.07, 6.45) is 3.19. The largest absolute Gasteiger partial charge is 0.491 e. The number of thiophene rings is 1. The van der Waals surface area contributed by atoms with E-state index in [2.05, 4.69) is 15.5 Å². The molecule has 13 heteroatoms. The lowest BCUT2D eigenvalue weighted by Crippen LogP contribution is -2.56. The van der Waals surface area contributed by atoms with Gasteiger partial charge in [-0.1, -0.05) is 11.3 Å². The quantitative estimate of drug-likeness (QED) is 0.305. The van der Waals surface area contributed by atoms with E-state index in [9.17, 15) is 18.8 Å². The zero-order valence-electron chi connectivity index (χ0n) is 22.4. The third-order valence-corrected chi connectivity index (χ3v) is 7.58. The molecule has 208 valence electrons. The smallest absolute Gasteiger partial charge is 0.333 e. The van der Waals surface area contributed by atoms with Crippen molar-refractivity contribution in [2.45, 2.75) is 59.2 Å². The zero-order chi connectivity index (χ0) is 28.5. The standard InChI is InChI=1S/C26H31FN6O5S/c1-15(2)30-24(36)26(4,5)32-21(35)20-16(3)22(33-28-9-10-29-33)39-23(20)31(25(32)37)11-8-17-14-18(27)6-7-19(17)38-13-12-34/h6-7,9-10,14-15,34H,8,11-13H2,1-5H3,(H,30,36). The van der Waals surface area contributed by atoms with Crippen molar-refractivity contribution in [3.63, 3.8) is 0 Å². The van der Waals surface area contributed by atoms with Gasteiger partial charge < -0.3 is 15.2 Å². The highest BCUT2D eigenvalue weighted by atomic mass is 32.1. The van der Waals surface area contributed by atoms with Crippen LogP contribution in [0.4, 0.5) is 4.39 Å². The number of benzene rings is 1. The van der Waals surface area contributed by atoms with E-state index in [0.717, 1.165) is 4.57 Å². The predicted octanol–water partition coefficient (Wildman–Crippen LogP) is 2.13. The molecule has 0 saturated heterocycles. The fourth-order valence-corrected chi connectivity index (χ4v) is 5.58. The topological polar surface area (TPSA) is 133 Å². The molecule has 0 aliphatic heterocycles. The van der Waals surface area contributed by atoms with Crippen LogP contribution in [0.1, 0.15) is 38.8 Å². The van der Waals surface area contributed by atoms with Crippen LogP contribution in [0.15, 0.2) is 40.2 Å². The normalized spacial score (nSPS) is 11.9. The highest BCUT2D eigenvalue weighted by Gasteiger charge is 2.35. The van der Waals surface area contributed by atoms with Gasteiger partial charge in [0.25, 0.3) is 5.56 Å². The Morgan fingerprint density at radius 1 is 1.23 bits per heavy atom. The number of fused-ring (bicyclic) bond motifs is 1. The number of aryl methyl sites for hydroxylation is 3. The van der Waals surface area contributed by atoms with Gasteiger partial charge in [0.1, 0.15) is 33.5 Å². The molecule has 4 aromatic rings. The summed E-state index contributed by atoms with van der Waals surface area (Å²) in [5.74, 6) is -0.577. The van der Waals surface area contributed by atoms with Crippen LogP contribution in [0.2, 0.25) is 0 Å². The SMILES string of the molecule is Cc1c(-n2nccn2)sc2c1c(=O)n(C(C)(C)C(=O)NC(C)C)c(=O)n2CCc1cc(F)ccc1OCCO. The number of rotatable bonds is 10. The van der Waals surface area contributed by atoms with Crippen molar-refractivity contribution in [2.75, 3.05) is 13.2 Å². The number of aliphatic hydroxyl groups excluding tert-OH is 1. The van der Waals surface area contributed by atoms with Gasteiger partial charge in [-0.2, -0.15) is 10.2 Å². The van der Waals surface area contributed by atoms with Gasteiger partial charge in [0, 0.05) is 18.2 Å². The number of nitrogens with one attached hydrogen (secondary N) is 1.